The van der Waals surface area contributed by atoms with Crippen LogP contribution in [0.4, 0.5) is 27.6 Å². The van der Waals surface area contributed by atoms with Crippen LogP contribution in [-0.2, 0) is 11.0 Å². The summed E-state index contributed by atoms with van der Waals surface area (Å²) in [5.74, 6) is -3.38. The van der Waals surface area contributed by atoms with Crippen molar-refractivity contribution < 1.29 is 31.5 Å². The molecule has 0 aromatic heterocycles. The molecule has 2 N–H and O–H groups in total. The Balaban J connectivity index is 1.92. The van der Waals surface area contributed by atoms with Crippen LogP contribution in [0.5, 0.6) is 0 Å². The first-order chi connectivity index (χ1) is 12.6. The number of carbonyl (C=O) groups is 2. The minimum atomic E-state index is -4.89. The van der Waals surface area contributed by atoms with Crippen LogP contribution in [0.2, 0.25) is 0 Å². The molecule has 0 heterocycles. The van der Waals surface area contributed by atoms with Gasteiger partial charge in [0, 0.05) is 23.1 Å². The lowest BCUT2D eigenvalue weighted by Gasteiger charge is -2.11. The van der Waals surface area contributed by atoms with Crippen LogP contribution in [0.25, 0.3) is 0 Å². The first-order valence-corrected chi connectivity index (χ1v) is 8.27. The Kier molecular flexibility index (Phi) is 6.53. The quantitative estimate of drug-likeness (QED) is 0.658. The average molecular weight is 451 g/mol. The van der Waals surface area contributed by atoms with Gasteiger partial charge in [0.05, 0.1) is 11.1 Å². The van der Waals surface area contributed by atoms with Crippen molar-refractivity contribution in [2.24, 2.45) is 0 Å². The lowest BCUT2D eigenvalue weighted by Crippen LogP contribution is -2.28. The normalized spacial score (nSPS) is 11.2. The molecule has 0 saturated heterocycles. The van der Waals surface area contributed by atoms with Gasteiger partial charge < -0.3 is 10.6 Å². The van der Waals surface area contributed by atoms with Gasteiger partial charge in [0.2, 0.25) is 5.91 Å². The van der Waals surface area contributed by atoms with Gasteiger partial charge in [0.15, 0.2) is 0 Å². The third-order valence-corrected chi connectivity index (χ3v) is 4.06. The Morgan fingerprint density at radius 2 is 1.74 bits per heavy atom. The SMILES string of the molecule is O=C(CCNC(=O)c1cc(F)ccc1Br)Nc1ccc(F)c(C(F)(F)F)c1. The molecule has 27 heavy (non-hydrogen) atoms. The fourth-order valence-electron chi connectivity index (χ4n) is 2.10. The van der Waals surface area contributed by atoms with Gasteiger partial charge >= 0.3 is 6.18 Å². The average Bonchev–Trinajstić information content (AvgIpc) is 2.57. The fourth-order valence-corrected chi connectivity index (χ4v) is 2.53. The number of amides is 2. The number of anilines is 1. The maximum Gasteiger partial charge on any atom is 0.419 e. The van der Waals surface area contributed by atoms with E-state index in [1.165, 1.54) is 6.07 Å². The van der Waals surface area contributed by atoms with Gasteiger partial charge in [0.25, 0.3) is 5.91 Å². The molecule has 0 atom stereocenters. The third-order valence-electron chi connectivity index (χ3n) is 3.37. The van der Waals surface area contributed by atoms with E-state index in [4.69, 9.17) is 0 Å². The number of benzene rings is 2. The standard InChI is InChI=1S/C17H12BrF5N2O2/c18-13-3-1-9(19)7-11(13)16(27)24-6-5-15(26)25-10-2-4-14(20)12(8-10)17(21,22)23/h1-4,7-8H,5-6H2,(H,24,27)(H,25,26). The van der Waals surface area contributed by atoms with E-state index < -0.39 is 35.2 Å². The monoisotopic (exact) mass is 450 g/mol. The molecule has 10 heteroatoms. The zero-order valence-electron chi connectivity index (χ0n) is 13.5. The molecule has 0 spiro atoms. The second-order valence-electron chi connectivity index (χ2n) is 5.37. The number of rotatable bonds is 5. The van der Waals surface area contributed by atoms with Crippen molar-refractivity contribution in [2.75, 3.05) is 11.9 Å². The zero-order valence-corrected chi connectivity index (χ0v) is 15.0. The summed E-state index contributed by atoms with van der Waals surface area (Å²) in [5.41, 5.74) is -1.69. The summed E-state index contributed by atoms with van der Waals surface area (Å²) >= 11 is 3.10. The first-order valence-electron chi connectivity index (χ1n) is 7.48. The number of hydrogen-bond acceptors (Lipinski definition) is 2. The summed E-state index contributed by atoms with van der Waals surface area (Å²) in [7, 11) is 0. The molecule has 0 saturated carbocycles. The molecule has 0 radical (unpaired) electrons. The highest BCUT2D eigenvalue weighted by atomic mass is 79.9. The summed E-state index contributed by atoms with van der Waals surface area (Å²) in [6.45, 7) is -0.138. The Labute approximate surface area is 158 Å². The number of carbonyl (C=O) groups excluding carboxylic acids is 2. The van der Waals surface area contributed by atoms with Crippen molar-refractivity contribution in [3.63, 3.8) is 0 Å². The van der Waals surface area contributed by atoms with Crippen LogP contribution in [-0.4, -0.2) is 18.4 Å². The van der Waals surface area contributed by atoms with Gasteiger partial charge in [-0.25, -0.2) is 8.78 Å². The van der Waals surface area contributed by atoms with E-state index in [1.54, 1.807) is 0 Å². The van der Waals surface area contributed by atoms with Gasteiger partial charge in [0.1, 0.15) is 11.6 Å². The molecular formula is C17H12BrF5N2O2. The van der Waals surface area contributed by atoms with Crippen molar-refractivity contribution in [3.8, 4) is 0 Å². The summed E-state index contributed by atoms with van der Waals surface area (Å²) in [6.07, 6.45) is -5.14. The van der Waals surface area contributed by atoms with Crippen molar-refractivity contribution in [1.82, 2.24) is 5.32 Å². The van der Waals surface area contributed by atoms with Gasteiger partial charge in [-0.2, -0.15) is 13.2 Å². The maximum atomic E-state index is 13.2. The van der Waals surface area contributed by atoms with E-state index in [0.29, 0.717) is 16.6 Å². The highest BCUT2D eigenvalue weighted by molar-refractivity contribution is 9.10. The molecule has 2 aromatic rings. The predicted molar refractivity (Wildman–Crippen MR) is 91.1 cm³/mol. The van der Waals surface area contributed by atoms with Crippen LogP contribution in [0.15, 0.2) is 40.9 Å². The van der Waals surface area contributed by atoms with Crippen molar-refractivity contribution in [1.29, 1.82) is 0 Å². The largest absolute Gasteiger partial charge is 0.419 e. The van der Waals surface area contributed by atoms with Gasteiger partial charge in [-0.3, -0.25) is 9.59 Å². The number of halogens is 6. The van der Waals surface area contributed by atoms with Gasteiger partial charge in [-0.1, -0.05) is 0 Å². The summed E-state index contributed by atoms with van der Waals surface area (Å²) < 4.78 is 64.7. The smallest absolute Gasteiger partial charge is 0.351 e. The number of alkyl halides is 3. The van der Waals surface area contributed by atoms with E-state index in [-0.39, 0.29) is 24.2 Å². The van der Waals surface area contributed by atoms with E-state index in [9.17, 15) is 31.5 Å². The molecular weight excluding hydrogens is 439 g/mol. The molecule has 2 amide bonds. The van der Waals surface area contributed by atoms with Gasteiger partial charge in [-0.05, 0) is 52.3 Å². The van der Waals surface area contributed by atoms with E-state index in [0.717, 1.165) is 18.2 Å². The fraction of sp³-hybridized carbons (Fsp3) is 0.176. The second kappa shape index (κ2) is 8.47. The van der Waals surface area contributed by atoms with Crippen LogP contribution in [0, 0.1) is 11.6 Å². The number of nitrogens with one attached hydrogen (secondary N) is 2. The highest BCUT2D eigenvalue weighted by Crippen LogP contribution is 2.33. The molecule has 0 fully saturated rings. The van der Waals surface area contributed by atoms with Crippen molar-refractivity contribution >= 4 is 33.4 Å². The molecule has 0 unspecified atom stereocenters. The van der Waals surface area contributed by atoms with E-state index >= 15 is 0 Å². The second-order valence-corrected chi connectivity index (χ2v) is 6.22. The number of hydrogen-bond donors (Lipinski definition) is 2. The Morgan fingerprint density at radius 3 is 2.41 bits per heavy atom. The van der Waals surface area contributed by atoms with Crippen LogP contribution in [0.1, 0.15) is 22.3 Å². The molecule has 4 nitrogen and oxygen atoms in total. The molecule has 2 rings (SSSR count). The molecule has 0 aliphatic heterocycles. The highest BCUT2D eigenvalue weighted by Gasteiger charge is 2.34. The Hall–Kier alpha value is -2.49. The van der Waals surface area contributed by atoms with Crippen LogP contribution in [0.3, 0.4) is 0 Å². The minimum Gasteiger partial charge on any atom is -0.351 e. The lowest BCUT2D eigenvalue weighted by molar-refractivity contribution is -0.140. The summed E-state index contributed by atoms with van der Waals surface area (Å²) in [6, 6.07) is 5.59. The third kappa shape index (κ3) is 5.75. The summed E-state index contributed by atoms with van der Waals surface area (Å²) in [5, 5.41) is 4.58. The predicted octanol–water partition coefficient (Wildman–Crippen LogP) is 4.50. The van der Waals surface area contributed by atoms with E-state index in [1.807, 2.05) is 0 Å². The first kappa shape index (κ1) is 20.8. The molecule has 0 aliphatic rings. The van der Waals surface area contributed by atoms with Crippen LogP contribution < -0.4 is 10.6 Å². The zero-order chi connectivity index (χ0) is 20.2. The van der Waals surface area contributed by atoms with Crippen molar-refractivity contribution in [3.05, 3.63) is 63.6 Å². The molecule has 0 bridgehead atoms. The molecule has 144 valence electrons. The Morgan fingerprint density at radius 1 is 1.04 bits per heavy atom. The summed E-state index contributed by atoms with van der Waals surface area (Å²) in [4.78, 5) is 23.7. The van der Waals surface area contributed by atoms with Gasteiger partial charge in [-0.15, -0.1) is 0 Å². The lowest BCUT2D eigenvalue weighted by atomic mass is 10.1. The molecule has 0 aliphatic carbocycles. The topological polar surface area (TPSA) is 58.2 Å². The maximum absolute atomic E-state index is 13.2. The Bertz CT molecular complexity index is 871. The molecule has 2 aromatic carbocycles. The van der Waals surface area contributed by atoms with Crippen LogP contribution >= 0.6 is 15.9 Å². The van der Waals surface area contributed by atoms with Crippen molar-refractivity contribution in [2.45, 2.75) is 12.6 Å². The van der Waals surface area contributed by atoms with E-state index in [2.05, 4.69) is 26.6 Å². The minimum absolute atomic E-state index is 0.0313.